The van der Waals surface area contributed by atoms with Crippen LogP contribution in [0.4, 0.5) is 0 Å². The van der Waals surface area contributed by atoms with Crippen LogP contribution in [-0.4, -0.2) is 16.8 Å². The summed E-state index contributed by atoms with van der Waals surface area (Å²) in [5, 5.41) is 5.58. The predicted octanol–water partition coefficient (Wildman–Crippen LogP) is 0.764. The highest BCUT2D eigenvalue weighted by Gasteiger charge is 2.23. The van der Waals surface area contributed by atoms with Crippen LogP contribution in [0.1, 0.15) is 0 Å². The number of nitrogens with zero attached hydrogens (tertiary/aromatic N) is 2. The van der Waals surface area contributed by atoms with Crippen molar-refractivity contribution < 1.29 is 4.84 Å². The third-order valence-corrected chi connectivity index (χ3v) is 1.84. The van der Waals surface area contributed by atoms with Gasteiger partial charge in [0.1, 0.15) is 6.34 Å². The molecule has 0 aliphatic carbocycles. The van der Waals surface area contributed by atoms with E-state index in [1.54, 1.807) is 18.1 Å². The predicted molar refractivity (Wildman–Crippen MR) is 31.9 cm³/mol. The van der Waals surface area contributed by atoms with E-state index in [1.165, 1.54) is 0 Å². The second-order valence-electron chi connectivity index (χ2n) is 1.50. The van der Waals surface area contributed by atoms with Crippen molar-refractivity contribution in [3.05, 3.63) is 11.6 Å². The van der Waals surface area contributed by atoms with Gasteiger partial charge >= 0.3 is 0 Å². The fourth-order valence-electron chi connectivity index (χ4n) is 0.619. The summed E-state index contributed by atoms with van der Waals surface area (Å²) in [5.74, 6) is 0. The van der Waals surface area contributed by atoms with E-state index in [1.807, 2.05) is 16.5 Å². The Bertz CT molecular complexity index is 140. The number of rotatable bonds is 0. The lowest BCUT2D eigenvalue weighted by atomic mass is 10.8. The number of thioether (sulfide) groups is 1. The molecular weight excluding hydrogens is 124 g/mol. The van der Waals surface area contributed by atoms with Gasteiger partial charge in [0.05, 0.1) is 0 Å². The van der Waals surface area contributed by atoms with E-state index in [0.717, 1.165) is 0 Å². The Kier molecular flexibility index (Phi) is 0.754. The zero-order chi connectivity index (χ0) is 5.40. The standard InChI is InChI=1S/C4H4N2OS/c1-2-8-4-6(1)3-5-7-4/h1-4H/t4-/m0/s1. The van der Waals surface area contributed by atoms with Crippen LogP contribution in [-0.2, 0) is 4.84 Å². The first kappa shape index (κ1) is 4.26. The Morgan fingerprint density at radius 3 is 3.62 bits per heavy atom. The maximum atomic E-state index is 4.87. The van der Waals surface area contributed by atoms with Gasteiger partial charge in [-0.05, 0) is 5.41 Å². The number of hydrogen-bond donors (Lipinski definition) is 0. The van der Waals surface area contributed by atoms with Crippen LogP contribution < -0.4 is 0 Å². The van der Waals surface area contributed by atoms with Gasteiger partial charge in [-0.1, -0.05) is 16.9 Å². The lowest BCUT2D eigenvalue weighted by molar-refractivity contribution is 0.101. The van der Waals surface area contributed by atoms with E-state index in [-0.39, 0.29) is 5.56 Å². The first-order valence-electron chi connectivity index (χ1n) is 2.26. The van der Waals surface area contributed by atoms with Gasteiger partial charge in [0.2, 0.25) is 0 Å². The monoisotopic (exact) mass is 128 g/mol. The summed E-state index contributed by atoms with van der Waals surface area (Å²) in [6, 6.07) is 0. The minimum atomic E-state index is 0.0926. The molecule has 0 spiro atoms. The van der Waals surface area contributed by atoms with Crippen LogP contribution in [0.25, 0.3) is 0 Å². The largest absolute Gasteiger partial charge is 0.357 e. The van der Waals surface area contributed by atoms with Crippen LogP contribution in [0.2, 0.25) is 0 Å². The summed E-state index contributed by atoms with van der Waals surface area (Å²) < 4.78 is 0. The molecule has 0 amide bonds. The van der Waals surface area contributed by atoms with E-state index in [9.17, 15) is 0 Å². The summed E-state index contributed by atoms with van der Waals surface area (Å²) in [6.45, 7) is 0. The highest BCUT2D eigenvalue weighted by Crippen LogP contribution is 2.27. The maximum absolute atomic E-state index is 4.87. The van der Waals surface area contributed by atoms with Crippen LogP contribution in [0.15, 0.2) is 16.8 Å². The number of fused-ring (bicyclic) bond motifs is 1. The van der Waals surface area contributed by atoms with Gasteiger partial charge in [0.15, 0.2) is 0 Å². The quantitative estimate of drug-likeness (QED) is 0.481. The number of hydrogen-bond acceptors (Lipinski definition) is 4. The zero-order valence-corrected chi connectivity index (χ0v) is 4.84. The third kappa shape index (κ3) is 0.432. The Labute approximate surface area is 51.0 Å². The average Bonchev–Trinajstić information content (AvgIpc) is 2.15. The highest BCUT2D eigenvalue weighted by molar-refractivity contribution is 8.02. The van der Waals surface area contributed by atoms with Crippen LogP contribution in [0.5, 0.6) is 0 Å². The molecule has 0 saturated heterocycles. The van der Waals surface area contributed by atoms with Gasteiger partial charge in [-0.2, -0.15) is 0 Å². The molecule has 2 aliphatic heterocycles. The van der Waals surface area contributed by atoms with Crippen molar-refractivity contribution in [2.45, 2.75) is 5.56 Å². The van der Waals surface area contributed by atoms with Gasteiger partial charge in [0, 0.05) is 6.20 Å². The summed E-state index contributed by atoms with van der Waals surface area (Å²) in [4.78, 5) is 6.78. The van der Waals surface area contributed by atoms with Crippen LogP contribution >= 0.6 is 11.8 Å². The Balaban J connectivity index is 2.22. The van der Waals surface area contributed by atoms with E-state index in [2.05, 4.69) is 5.16 Å². The normalized spacial score (nSPS) is 31.0. The lowest BCUT2D eigenvalue weighted by Gasteiger charge is -2.07. The minimum Gasteiger partial charge on any atom is -0.357 e. The molecule has 1 atom stereocenters. The third-order valence-electron chi connectivity index (χ3n) is 1.00. The van der Waals surface area contributed by atoms with Crippen molar-refractivity contribution >= 4 is 18.1 Å². The summed E-state index contributed by atoms with van der Waals surface area (Å²) >= 11 is 1.61. The SMILES string of the molecule is C1=CN2C=NO[C@H]2S1. The lowest BCUT2D eigenvalue weighted by Crippen LogP contribution is -2.17. The molecule has 3 nitrogen and oxygen atoms in total. The fraction of sp³-hybridized carbons (Fsp3) is 0.250. The van der Waals surface area contributed by atoms with Crippen molar-refractivity contribution in [3.8, 4) is 0 Å². The maximum Gasteiger partial charge on any atom is 0.256 e. The summed E-state index contributed by atoms with van der Waals surface area (Å²) in [7, 11) is 0. The van der Waals surface area contributed by atoms with Crippen LogP contribution in [0, 0.1) is 0 Å². The molecule has 0 aromatic heterocycles. The molecule has 0 radical (unpaired) electrons. The van der Waals surface area contributed by atoms with Gasteiger partial charge in [-0.3, -0.25) is 4.90 Å². The molecule has 0 aromatic carbocycles. The Hall–Kier alpha value is -0.640. The van der Waals surface area contributed by atoms with E-state index in [4.69, 9.17) is 4.84 Å². The first-order valence-corrected chi connectivity index (χ1v) is 3.20. The summed E-state index contributed by atoms with van der Waals surface area (Å²) in [5.41, 5.74) is 0.0926. The highest BCUT2D eigenvalue weighted by atomic mass is 32.2. The van der Waals surface area contributed by atoms with E-state index in [0.29, 0.717) is 0 Å². The number of oxime groups is 1. The molecule has 8 heavy (non-hydrogen) atoms. The van der Waals surface area contributed by atoms with Crippen molar-refractivity contribution in [1.29, 1.82) is 0 Å². The Morgan fingerprint density at radius 2 is 2.75 bits per heavy atom. The topological polar surface area (TPSA) is 24.8 Å². The van der Waals surface area contributed by atoms with Crippen molar-refractivity contribution in [2.75, 3.05) is 0 Å². The molecule has 0 unspecified atom stereocenters. The smallest absolute Gasteiger partial charge is 0.256 e. The second-order valence-corrected chi connectivity index (χ2v) is 2.45. The second kappa shape index (κ2) is 1.42. The molecule has 2 rings (SSSR count). The zero-order valence-electron chi connectivity index (χ0n) is 4.02. The molecule has 0 N–H and O–H groups in total. The first-order chi connectivity index (χ1) is 3.97. The molecule has 0 aromatic rings. The molecule has 2 aliphatic rings. The minimum absolute atomic E-state index is 0.0926. The molecule has 0 saturated carbocycles. The Morgan fingerprint density at radius 1 is 1.75 bits per heavy atom. The molecular formula is C4H4N2OS. The molecule has 0 fully saturated rings. The van der Waals surface area contributed by atoms with Crippen molar-refractivity contribution in [3.63, 3.8) is 0 Å². The fourth-order valence-corrected chi connectivity index (χ4v) is 1.33. The van der Waals surface area contributed by atoms with E-state index < -0.39 is 0 Å². The average molecular weight is 128 g/mol. The van der Waals surface area contributed by atoms with Gasteiger partial charge < -0.3 is 4.84 Å². The molecule has 42 valence electrons. The summed E-state index contributed by atoms with van der Waals surface area (Å²) in [6.07, 6.45) is 3.60. The molecule has 2 heterocycles. The van der Waals surface area contributed by atoms with Gasteiger partial charge in [0.25, 0.3) is 5.56 Å². The molecule has 0 bridgehead atoms. The molecule has 4 heteroatoms. The van der Waals surface area contributed by atoms with Gasteiger partial charge in [-0.25, -0.2) is 0 Å². The van der Waals surface area contributed by atoms with Crippen LogP contribution in [0.3, 0.4) is 0 Å². The van der Waals surface area contributed by atoms with Crippen molar-refractivity contribution in [2.24, 2.45) is 5.16 Å². The van der Waals surface area contributed by atoms with Crippen molar-refractivity contribution in [1.82, 2.24) is 4.90 Å². The van der Waals surface area contributed by atoms with E-state index >= 15 is 0 Å². The van der Waals surface area contributed by atoms with Gasteiger partial charge in [-0.15, -0.1) is 0 Å².